The van der Waals surface area contributed by atoms with Crippen LogP contribution in [-0.4, -0.2) is 72.0 Å². The Hall–Kier alpha value is -1.94. The van der Waals surface area contributed by atoms with Crippen molar-refractivity contribution in [2.75, 3.05) is 31.8 Å². The number of aliphatic hydroxyl groups excluding tert-OH is 2. The molecule has 0 saturated heterocycles. The molecule has 232 valence electrons. The molecule has 2 rings (SSSR count). The van der Waals surface area contributed by atoms with Crippen molar-refractivity contribution < 1.29 is 38.8 Å². The minimum Gasteiger partial charge on any atom is -0.462 e. The van der Waals surface area contributed by atoms with Gasteiger partial charge in [0.1, 0.15) is 19.0 Å². The van der Waals surface area contributed by atoms with Crippen LogP contribution in [0.5, 0.6) is 0 Å². The van der Waals surface area contributed by atoms with E-state index in [0.29, 0.717) is 51.6 Å². The van der Waals surface area contributed by atoms with Crippen LogP contribution < -0.4 is 0 Å². The molecule has 1 saturated carbocycles. The van der Waals surface area contributed by atoms with Crippen molar-refractivity contribution in [1.29, 1.82) is 0 Å². The van der Waals surface area contributed by atoms with E-state index in [4.69, 9.17) is 14.2 Å². The normalized spacial score (nSPS) is 19.3. The molecule has 1 aromatic rings. The van der Waals surface area contributed by atoms with Gasteiger partial charge in [-0.2, -0.15) is 11.8 Å². The minimum atomic E-state index is -0.648. The molecule has 0 unspecified atom stereocenters. The van der Waals surface area contributed by atoms with Crippen molar-refractivity contribution in [3.8, 4) is 0 Å². The standard InChI is InChI=1S/C32H50O8S/c1-3-4-5-6-11-31(36)39-16-17-40-32(37)12-8-18-41-19-15-28-27(29(34)22-30(28)35)14-13-26(33)21-24-9-7-10-25(20-24)23-38-2/h7,9-10,20,26-29,33-34H,3-6,8,11-19,21-23H2,1-2H3/t26-,27-,28-,29-/m1/s1. The van der Waals surface area contributed by atoms with E-state index in [2.05, 4.69) is 6.92 Å². The van der Waals surface area contributed by atoms with Crippen LogP contribution in [0.15, 0.2) is 24.3 Å². The first kappa shape index (κ1) is 35.3. The van der Waals surface area contributed by atoms with Gasteiger partial charge in [0.15, 0.2) is 0 Å². The summed E-state index contributed by atoms with van der Waals surface area (Å²) >= 11 is 1.69. The lowest BCUT2D eigenvalue weighted by Gasteiger charge is -2.22. The number of thioether (sulfide) groups is 1. The van der Waals surface area contributed by atoms with Gasteiger partial charge in [-0.1, -0.05) is 50.5 Å². The van der Waals surface area contributed by atoms with Crippen LogP contribution >= 0.6 is 11.8 Å². The quantitative estimate of drug-likeness (QED) is 0.140. The monoisotopic (exact) mass is 594 g/mol. The Labute approximate surface area is 249 Å². The van der Waals surface area contributed by atoms with Gasteiger partial charge in [0.05, 0.1) is 18.8 Å². The smallest absolute Gasteiger partial charge is 0.305 e. The van der Waals surface area contributed by atoms with Gasteiger partial charge >= 0.3 is 11.9 Å². The van der Waals surface area contributed by atoms with Crippen LogP contribution in [0, 0.1) is 11.8 Å². The number of unbranched alkanes of at least 4 members (excludes halogenated alkanes) is 3. The third kappa shape index (κ3) is 14.7. The molecule has 0 heterocycles. The number of rotatable bonds is 22. The number of carbonyl (C=O) groups excluding carboxylic acids is 3. The first-order valence-electron chi connectivity index (χ1n) is 15.2. The molecule has 4 atom stereocenters. The fourth-order valence-electron chi connectivity index (χ4n) is 5.34. The number of ketones is 1. The maximum atomic E-state index is 12.5. The number of ether oxygens (including phenoxy) is 3. The molecule has 9 heteroatoms. The lowest BCUT2D eigenvalue weighted by atomic mass is 9.86. The third-order valence-electron chi connectivity index (χ3n) is 7.53. The minimum absolute atomic E-state index is 0.0785. The molecule has 1 aliphatic rings. The molecule has 41 heavy (non-hydrogen) atoms. The van der Waals surface area contributed by atoms with Gasteiger partial charge in [-0.3, -0.25) is 14.4 Å². The molecular weight excluding hydrogens is 544 g/mol. The average Bonchev–Trinajstić information content (AvgIpc) is 3.21. The molecule has 1 aromatic carbocycles. The zero-order valence-corrected chi connectivity index (χ0v) is 25.7. The van der Waals surface area contributed by atoms with Crippen molar-refractivity contribution in [2.24, 2.45) is 11.8 Å². The van der Waals surface area contributed by atoms with Gasteiger partial charge in [0.25, 0.3) is 0 Å². The van der Waals surface area contributed by atoms with Crippen LogP contribution in [0.1, 0.15) is 88.7 Å². The van der Waals surface area contributed by atoms with Crippen molar-refractivity contribution in [1.82, 2.24) is 0 Å². The second kappa shape index (κ2) is 20.9. The molecule has 1 fully saturated rings. The van der Waals surface area contributed by atoms with Gasteiger partial charge in [-0.15, -0.1) is 0 Å². The average molecular weight is 595 g/mol. The highest BCUT2D eigenvalue weighted by atomic mass is 32.2. The summed E-state index contributed by atoms with van der Waals surface area (Å²) in [6.07, 6.45) is 6.83. The molecule has 2 N–H and O–H groups in total. The highest BCUT2D eigenvalue weighted by Crippen LogP contribution is 2.36. The molecule has 0 aromatic heterocycles. The number of benzene rings is 1. The van der Waals surface area contributed by atoms with E-state index < -0.39 is 12.2 Å². The van der Waals surface area contributed by atoms with Crippen molar-refractivity contribution >= 4 is 29.5 Å². The molecular formula is C32H50O8S. The van der Waals surface area contributed by atoms with Crippen molar-refractivity contribution in [2.45, 2.75) is 103 Å². The second-order valence-electron chi connectivity index (χ2n) is 11.0. The van der Waals surface area contributed by atoms with Gasteiger partial charge in [-0.25, -0.2) is 0 Å². The molecule has 8 nitrogen and oxygen atoms in total. The van der Waals surface area contributed by atoms with Crippen LogP contribution in [0.4, 0.5) is 0 Å². The molecule has 0 spiro atoms. The van der Waals surface area contributed by atoms with Crippen molar-refractivity contribution in [3.05, 3.63) is 35.4 Å². The van der Waals surface area contributed by atoms with Gasteiger partial charge in [0.2, 0.25) is 0 Å². The summed E-state index contributed by atoms with van der Waals surface area (Å²) in [4.78, 5) is 36.1. The summed E-state index contributed by atoms with van der Waals surface area (Å²) in [6, 6.07) is 7.98. The Kier molecular flexibility index (Phi) is 17.9. The highest BCUT2D eigenvalue weighted by molar-refractivity contribution is 7.99. The molecule has 0 amide bonds. The SMILES string of the molecule is CCCCCCC(=O)OCCOC(=O)CCCSCC[C@H]1C(=O)C[C@@H](O)[C@@H]1CC[C@@H](O)Cc1cccc(COC)c1. The van der Waals surface area contributed by atoms with Gasteiger partial charge in [-0.05, 0) is 67.1 Å². The molecule has 0 radical (unpaired) electrons. The number of aliphatic hydroxyl groups is 2. The van der Waals surface area contributed by atoms with E-state index in [-0.39, 0.29) is 49.2 Å². The lowest BCUT2D eigenvalue weighted by molar-refractivity contribution is -0.152. The molecule has 0 aliphatic heterocycles. The summed E-state index contributed by atoms with van der Waals surface area (Å²) in [5.74, 6) is 0.795. The Bertz CT molecular complexity index is 907. The zero-order chi connectivity index (χ0) is 29.9. The summed E-state index contributed by atoms with van der Waals surface area (Å²) in [5, 5.41) is 21.1. The number of hydrogen-bond acceptors (Lipinski definition) is 9. The summed E-state index contributed by atoms with van der Waals surface area (Å²) in [5.41, 5.74) is 2.11. The second-order valence-corrected chi connectivity index (χ2v) is 12.2. The van der Waals surface area contributed by atoms with E-state index in [1.165, 1.54) is 0 Å². The Morgan fingerprint density at radius 2 is 1.71 bits per heavy atom. The number of methoxy groups -OCH3 is 1. The number of carbonyl (C=O) groups is 3. The topological polar surface area (TPSA) is 119 Å². The fourth-order valence-corrected chi connectivity index (χ4v) is 6.31. The zero-order valence-electron chi connectivity index (χ0n) is 24.9. The van der Waals surface area contributed by atoms with Crippen LogP contribution in [0.2, 0.25) is 0 Å². The van der Waals surface area contributed by atoms with Gasteiger partial charge < -0.3 is 24.4 Å². The number of hydrogen-bond donors (Lipinski definition) is 2. The first-order valence-corrected chi connectivity index (χ1v) is 16.3. The highest BCUT2D eigenvalue weighted by Gasteiger charge is 2.40. The van der Waals surface area contributed by atoms with E-state index in [0.717, 1.165) is 48.3 Å². The molecule has 0 bridgehead atoms. The number of Topliss-reactive ketones (excluding diaryl/α,β-unsaturated/α-hetero) is 1. The maximum absolute atomic E-state index is 12.5. The predicted octanol–water partition coefficient (Wildman–Crippen LogP) is 5.04. The maximum Gasteiger partial charge on any atom is 0.305 e. The van der Waals surface area contributed by atoms with Crippen LogP contribution in [-0.2, 0) is 41.6 Å². The summed E-state index contributed by atoms with van der Waals surface area (Å²) < 4.78 is 15.4. The van der Waals surface area contributed by atoms with Gasteiger partial charge in [0, 0.05) is 32.3 Å². The Balaban J connectivity index is 1.57. The largest absolute Gasteiger partial charge is 0.462 e. The Morgan fingerprint density at radius 3 is 2.41 bits per heavy atom. The van der Waals surface area contributed by atoms with Crippen LogP contribution in [0.25, 0.3) is 0 Å². The third-order valence-corrected chi connectivity index (χ3v) is 8.63. The van der Waals surface area contributed by atoms with E-state index >= 15 is 0 Å². The number of esters is 2. The Morgan fingerprint density at radius 1 is 1.00 bits per heavy atom. The fraction of sp³-hybridized carbons (Fsp3) is 0.719. The lowest BCUT2D eigenvalue weighted by Crippen LogP contribution is -2.23. The predicted molar refractivity (Wildman–Crippen MR) is 161 cm³/mol. The summed E-state index contributed by atoms with van der Waals surface area (Å²) in [7, 11) is 1.66. The first-order chi connectivity index (χ1) is 19.8. The van der Waals surface area contributed by atoms with Crippen molar-refractivity contribution in [3.63, 3.8) is 0 Å². The summed E-state index contributed by atoms with van der Waals surface area (Å²) in [6.45, 7) is 2.82. The van der Waals surface area contributed by atoms with E-state index in [9.17, 15) is 24.6 Å². The van der Waals surface area contributed by atoms with Crippen LogP contribution in [0.3, 0.4) is 0 Å². The van der Waals surface area contributed by atoms with E-state index in [1.54, 1.807) is 18.9 Å². The molecule has 1 aliphatic carbocycles. The van der Waals surface area contributed by atoms with E-state index in [1.807, 2.05) is 24.3 Å².